The van der Waals surface area contributed by atoms with E-state index in [0.29, 0.717) is 22.5 Å². The average Bonchev–Trinajstić information content (AvgIpc) is 2.96. The monoisotopic (exact) mass is 280 g/mol. The molecule has 0 atom stereocenters. The summed E-state index contributed by atoms with van der Waals surface area (Å²) in [5.74, 6) is -1.18. The number of carbonyl (C=O) groups excluding carboxylic acids is 2. The highest BCUT2D eigenvalue weighted by atomic mass is 19.1. The third-order valence-corrected chi connectivity index (χ3v) is 3.63. The van der Waals surface area contributed by atoms with Gasteiger partial charge in [-0.1, -0.05) is 18.2 Å². The number of benzene rings is 2. The van der Waals surface area contributed by atoms with Gasteiger partial charge in [-0.05, 0) is 24.3 Å². The first-order valence-electron chi connectivity index (χ1n) is 6.41. The highest BCUT2D eigenvalue weighted by Crippen LogP contribution is 2.38. The van der Waals surface area contributed by atoms with Crippen molar-refractivity contribution in [1.82, 2.24) is 0 Å². The van der Waals surface area contributed by atoms with Gasteiger partial charge in [0.25, 0.3) is 5.91 Å². The molecule has 4 nitrogen and oxygen atoms in total. The third-order valence-electron chi connectivity index (χ3n) is 3.63. The Morgan fingerprint density at radius 2 is 1.62 bits per heavy atom. The van der Waals surface area contributed by atoms with Crippen molar-refractivity contribution in [3.8, 4) is 0 Å². The van der Waals surface area contributed by atoms with Gasteiger partial charge in [0.05, 0.1) is 16.8 Å². The first-order valence-corrected chi connectivity index (χ1v) is 6.41. The molecule has 0 spiro atoms. The van der Waals surface area contributed by atoms with Crippen LogP contribution < -0.4 is 10.6 Å². The molecule has 2 aromatic carbocycles. The van der Waals surface area contributed by atoms with Gasteiger partial charge in [0.15, 0.2) is 0 Å². The number of Topliss-reactive ketones (excluding diaryl/α,β-unsaturated/α-hetero) is 1. The topological polar surface area (TPSA) is 58.2 Å². The van der Waals surface area contributed by atoms with Gasteiger partial charge in [0.1, 0.15) is 11.5 Å². The molecule has 0 fully saturated rings. The fourth-order valence-corrected chi connectivity index (χ4v) is 2.68. The summed E-state index contributed by atoms with van der Waals surface area (Å²) in [7, 11) is 0. The lowest BCUT2D eigenvalue weighted by Gasteiger charge is -2.03. The van der Waals surface area contributed by atoms with E-state index in [1.807, 2.05) is 0 Å². The zero-order chi connectivity index (χ0) is 14.6. The van der Waals surface area contributed by atoms with E-state index in [4.69, 9.17) is 0 Å². The molecular weight excluding hydrogens is 271 g/mol. The van der Waals surface area contributed by atoms with Crippen LogP contribution in [-0.4, -0.2) is 11.7 Å². The van der Waals surface area contributed by atoms with E-state index in [9.17, 15) is 14.0 Å². The number of nitrogens with one attached hydrogen (secondary N) is 2. The molecule has 0 aliphatic carbocycles. The first kappa shape index (κ1) is 11.8. The maximum atomic E-state index is 13.3. The van der Waals surface area contributed by atoms with Crippen molar-refractivity contribution in [1.29, 1.82) is 0 Å². The minimum absolute atomic E-state index is 0.193. The minimum atomic E-state index is -0.480. The van der Waals surface area contributed by atoms with E-state index < -0.39 is 5.82 Å². The second-order valence-corrected chi connectivity index (χ2v) is 4.89. The van der Waals surface area contributed by atoms with Crippen molar-refractivity contribution < 1.29 is 14.0 Å². The molecular formula is C16H9FN2O2. The third kappa shape index (κ3) is 1.61. The van der Waals surface area contributed by atoms with E-state index in [1.165, 1.54) is 18.2 Å². The zero-order valence-corrected chi connectivity index (χ0v) is 10.7. The molecule has 21 heavy (non-hydrogen) atoms. The highest BCUT2D eigenvalue weighted by molar-refractivity contribution is 6.38. The molecule has 2 aromatic rings. The second kappa shape index (κ2) is 4.02. The standard InChI is InChI=1S/C16H9FN2O2/c17-8-5-6-12-10(7-8)15(20)14(18-12)13-9-3-1-2-4-11(9)19-16(13)21/h1-7,18H,(H,19,21). The summed E-state index contributed by atoms with van der Waals surface area (Å²) in [4.78, 5) is 24.6. The Bertz CT molecular complexity index is 855. The Morgan fingerprint density at radius 1 is 0.857 bits per heavy atom. The molecule has 4 rings (SSSR count). The number of rotatable bonds is 0. The number of allylic oxidation sites excluding steroid dienone is 1. The van der Waals surface area contributed by atoms with Crippen LogP contribution in [0.1, 0.15) is 15.9 Å². The van der Waals surface area contributed by atoms with Crippen LogP contribution in [0.2, 0.25) is 0 Å². The first-order chi connectivity index (χ1) is 10.1. The fraction of sp³-hybridized carbons (Fsp3) is 0. The van der Waals surface area contributed by atoms with E-state index >= 15 is 0 Å². The van der Waals surface area contributed by atoms with Crippen molar-refractivity contribution >= 4 is 28.6 Å². The summed E-state index contributed by atoms with van der Waals surface area (Å²) in [5.41, 5.74) is 2.59. The molecule has 0 saturated carbocycles. The summed E-state index contributed by atoms with van der Waals surface area (Å²) < 4.78 is 13.3. The van der Waals surface area contributed by atoms with E-state index in [1.54, 1.807) is 24.3 Å². The van der Waals surface area contributed by atoms with Gasteiger partial charge in [-0.3, -0.25) is 9.59 Å². The van der Waals surface area contributed by atoms with Gasteiger partial charge in [-0.25, -0.2) is 4.39 Å². The smallest absolute Gasteiger partial charge is 0.258 e. The van der Waals surface area contributed by atoms with Crippen LogP contribution in [0.5, 0.6) is 0 Å². The molecule has 2 heterocycles. The van der Waals surface area contributed by atoms with Crippen LogP contribution in [0.25, 0.3) is 5.57 Å². The Balaban J connectivity index is 1.92. The maximum absolute atomic E-state index is 13.3. The quantitative estimate of drug-likeness (QED) is 0.729. The largest absolute Gasteiger partial charge is 0.351 e. The summed E-state index contributed by atoms with van der Waals surface area (Å²) >= 11 is 0. The molecule has 0 aromatic heterocycles. The number of ketones is 1. The Kier molecular flexibility index (Phi) is 2.27. The van der Waals surface area contributed by atoms with Crippen LogP contribution in [0.3, 0.4) is 0 Å². The zero-order valence-electron chi connectivity index (χ0n) is 10.7. The molecule has 1 amide bonds. The van der Waals surface area contributed by atoms with Gasteiger partial charge >= 0.3 is 0 Å². The normalized spacial score (nSPS) is 19.1. The molecule has 102 valence electrons. The van der Waals surface area contributed by atoms with Crippen molar-refractivity contribution in [3.05, 3.63) is 65.1 Å². The minimum Gasteiger partial charge on any atom is -0.351 e. The van der Waals surface area contributed by atoms with Crippen LogP contribution in [0.15, 0.2) is 48.2 Å². The van der Waals surface area contributed by atoms with Crippen LogP contribution >= 0.6 is 0 Å². The fourth-order valence-electron chi connectivity index (χ4n) is 2.68. The van der Waals surface area contributed by atoms with Crippen molar-refractivity contribution in [2.75, 3.05) is 10.6 Å². The van der Waals surface area contributed by atoms with Crippen LogP contribution in [-0.2, 0) is 4.79 Å². The van der Waals surface area contributed by atoms with Crippen LogP contribution in [0.4, 0.5) is 15.8 Å². The summed E-state index contributed by atoms with van der Waals surface area (Å²) in [6.45, 7) is 0. The van der Waals surface area contributed by atoms with E-state index in [2.05, 4.69) is 10.6 Å². The summed E-state index contributed by atoms with van der Waals surface area (Å²) in [6, 6.07) is 11.1. The van der Waals surface area contributed by atoms with Gasteiger partial charge in [-0.2, -0.15) is 0 Å². The number of hydrogen-bond acceptors (Lipinski definition) is 3. The molecule has 0 saturated heterocycles. The molecule has 0 radical (unpaired) electrons. The Morgan fingerprint density at radius 3 is 2.48 bits per heavy atom. The number of para-hydroxylation sites is 1. The lowest BCUT2D eigenvalue weighted by atomic mass is 10.0. The molecule has 5 heteroatoms. The number of anilines is 2. The predicted octanol–water partition coefficient (Wildman–Crippen LogP) is 2.80. The Labute approximate surface area is 119 Å². The number of hydrogen-bond donors (Lipinski definition) is 2. The lowest BCUT2D eigenvalue weighted by Crippen LogP contribution is -2.11. The van der Waals surface area contributed by atoms with Crippen molar-refractivity contribution in [3.63, 3.8) is 0 Å². The van der Waals surface area contributed by atoms with Gasteiger partial charge in [-0.15, -0.1) is 0 Å². The SMILES string of the molecule is O=C1Nc2ccccc2C1=C1Nc2ccc(F)cc2C1=O. The molecule has 0 unspecified atom stereocenters. The summed E-state index contributed by atoms with van der Waals surface area (Å²) in [6.07, 6.45) is 0. The number of halogens is 1. The average molecular weight is 280 g/mol. The molecule has 0 bridgehead atoms. The summed E-state index contributed by atoms with van der Waals surface area (Å²) in [5, 5.41) is 5.65. The van der Waals surface area contributed by atoms with E-state index in [-0.39, 0.29) is 23.0 Å². The number of fused-ring (bicyclic) bond motifs is 2. The van der Waals surface area contributed by atoms with Gasteiger partial charge in [0, 0.05) is 11.3 Å². The number of carbonyl (C=O) groups is 2. The van der Waals surface area contributed by atoms with Crippen molar-refractivity contribution in [2.24, 2.45) is 0 Å². The molecule has 2 N–H and O–H groups in total. The number of amides is 1. The molecule has 2 aliphatic heterocycles. The highest BCUT2D eigenvalue weighted by Gasteiger charge is 2.34. The molecule has 2 aliphatic rings. The van der Waals surface area contributed by atoms with Crippen molar-refractivity contribution in [2.45, 2.75) is 0 Å². The predicted molar refractivity (Wildman–Crippen MR) is 76.3 cm³/mol. The second-order valence-electron chi connectivity index (χ2n) is 4.89. The van der Waals surface area contributed by atoms with Gasteiger partial charge < -0.3 is 10.6 Å². The van der Waals surface area contributed by atoms with Crippen LogP contribution in [0, 0.1) is 5.82 Å². The Hall–Kier alpha value is -2.95. The maximum Gasteiger partial charge on any atom is 0.258 e. The lowest BCUT2D eigenvalue weighted by molar-refractivity contribution is -0.110. The van der Waals surface area contributed by atoms with Gasteiger partial charge in [0.2, 0.25) is 5.78 Å². The van der Waals surface area contributed by atoms with E-state index in [0.717, 1.165) is 0 Å².